The molecule has 2 heterocycles. The highest BCUT2D eigenvalue weighted by Gasteiger charge is 2.07. The van der Waals surface area contributed by atoms with E-state index in [4.69, 9.17) is 16.3 Å². The zero-order chi connectivity index (χ0) is 20.8. The Morgan fingerprint density at radius 3 is 2.87 bits per heavy atom. The van der Waals surface area contributed by atoms with E-state index in [9.17, 15) is 4.39 Å². The molecule has 0 saturated carbocycles. The van der Waals surface area contributed by atoms with Crippen molar-refractivity contribution in [3.63, 3.8) is 0 Å². The molecule has 0 unspecified atom stereocenters. The Bertz CT molecular complexity index is 1160. The summed E-state index contributed by atoms with van der Waals surface area (Å²) < 4.78 is 19.0. The maximum atomic E-state index is 13.3. The van der Waals surface area contributed by atoms with Gasteiger partial charge in [-0.25, -0.2) is 14.4 Å². The van der Waals surface area contributed by atoms with Crippen molar-refractivity contribution in [1.29, 1.82) is 0 Å². The zero-order valence-corrected chi connectivity index (χ0v) is 16.5. The van der Waals surface area contributed by atoms with Crippen LogP contribution in [0.3, 0.4) is 0 Å². The quantitative estimate of drug-likeness (QED) is 0.413. The summed E-state index contributed by atoms with van der Waals surface area (Å²) in [6.45, 7) is 0.221. The molecule has 0 fully saturated rings. The van der Waals surface area contributed by atoms with Gasteiger partial charge < -0.3 is 10.1 Å². The van der Waals surface area contributed by atoms with Crippen molar-refractivity contribution in [3.05, 3.63) is 94.9 Å². The fourth-order valence-electron chi connectivity index (χ4n) is 2.73. The smallest absolute Gasteiger partial charge is 0.141 e. The molecule has 0 saturated heterocycles. The molecular formula is C22H17ClFN5O. The number of nitrogens with one attached hydrogen (secondary N) is 2. The third-order valence-electron chi connectivity index (χ3n) is 4.19. The largest absolute Gasteiger partial charge is 0.487 e. The summed E-state index contributed by atoms with van der Waals surface area (Å²) in [5.41, 5.74) is 3.21. The highest BCUT2D eigenvalue weighted by atomic mass is 35.5. The molecule has 2 aromatic heterocycles. The van der Waals surface area contributed by atoms with Crippen LogP contribution < -0.4 is 10.1 Å². The molecule has 0 aliphatic carbocycles. The Labute approximate surface area is 177 Å². The summed E-state index contributed by atoms with van der Waals surface area (Å²) in [5.74, 6) is 0.840. The molecule has 4 rings (SSSR count). The molecule has 30 heavy (non-hydrogen) atoms. The van der Waals surface area contributed by atoms with Gasteiger partial charge in [0.05, 0.1) is 11.2 Å². The van der Waals surface area contributed by atoms with Crippen LogP contribution in [0, 0.1) is 5.82 Å². The van der Waals surface area contributed by atoms with Gasteiger partial charge in [0.15, 0.2) is 0 Å². The third kappa shape index (κ3) is 5.01. The predicted octanol–water partition coefficient (Wildman–Crippen LogP) is 5.49. The summed E-state index contributed by atoms with van der Waals surface area (Å²) >= 11 is 6.37. The maximum Gasteiger partial charge on any atom is 0.141 e. The van der Waals surface area contributed by atoms with Crippen LogP contribution in [0.1, 0.15) is 16.7 Å². The van der Waals surface area contributed by atoms with E-state index in [1.54, 1.807) is 42.9 Å². The number of nitrogens with zero attached hydrogens (tertiary/aromatic N) is 3. The lowest BCUT2D eigenvalue weighted by Crippen LogP contribution is -1.99. The Morgan fingerprint density at radius 2 is 2.07 bits per heavy atom. The molecule has 0 spiro atoms. The minimum absolute atomic E-state index is 0.221. The van der Waals surface area contributed by atoms with Gasteiger partial charge in [0.25, 0.3) is 0 Å². The van der Waals surface area contributed by atoms with E-state index in [1.165, 1.54) is 18.5 Å². The van der Waals surface area contributed by atoms with Crippen molar-refractivity contribution in [2.45, 2.75) is 6.61 Å². The van der Waals surface area contributed by atoms with E-state index < -0.39 is 0 Å². The van der Waals surface area contributed by atoms with Crippen LogP contribution in [0.2, 0.25) is 5.02 Å². The van der Waals surface area contributed by atoms with Gasteiger partial charge in [-0.2, -0.15) is 5.10 Å². The van der Waals surface area contributed by atoms with Gasteiger partial charge in [-0.3, -0.25) is 5.10 Å². The summed E-state index contributed by atoms with van der Waals surface area (Å²) in [7, 11) is 0. The molecule has 0 aliphatic heterocycles. The molecule has 4 aromatic rings. The first-order valence-corrected chi connectivity index (χ1v) is 9.46. The zero-order valence-electron chi connectivity index (χ0n) is 15.7. The lowest BCUT2D eigenvalue weighted by atomic mass is 10.2. The average Bonchev–Trinajstić information content (AvgIpc) is 3.26. The van der Waals surface area contributed by atoms with Gasteiger partial charge in [-0.05, 0) is 42.0 Å². The lowest BCUT2D eigenvalue weighted by molar-refractivity contribution is 0.306. The summed E-state index contributed by atoms with van der Waals surface area (Å²) in [4.78, 5) is 8.38. The van der Waals surface area contributed by atoms with E-state index in [0.717, 1.165) is 22.4 Å². The molecular weight excluding hydrogens is 405 g/mol. The van der Waals surface area contributed by atoms with Gasteiger partial charge in [-0.1, -0.05) is 29.8 Å². The van der Waals surface area contributed by atoms with Crippen molar-refractivity contribution in [2.75, 3.05) is 5.32 Å². The van der Waals surface area contributed by atoms with Gasteiger partial charge in [0, 0.05) is 29.2 Å². The number of anilines is 2. The molecule has 0 radical (unpaired) electrons. The molecule has 0 bridgehead atoms. The third-order valence-corrected chi connectivity index (χ3v) is 4.49. The van der Waals surface area contributed by atoms with E-state index in [0.29, 0.717) is 16.6 Å². The van der Waals surface area contributed by atoms with E-state index in [-0.39, 0.29) is 12.4 Å². The van der Waals surface area contributed by atoms with Gasteiger partial charge in [-0.15, -0.1) is 0 Å². The highest BCUT2D eigenvalue weighted by molar-refractivity contribution is 6.32. The maximum absolute atomic E-state index is 13.3. The molecule has 0 aliphatic rings. The second-order valence-electron chi connectivity index (χ2n) is 6.38. The Balaban J connectivity index is 1.46. The minimum Gasteiger partial charge on any atom is -0.487 e. The Kier molecular flexibility index (Phi) is 6.01. The first kappa shape index (κ1) is 19.6. The monoisotopic (exact) mass is 421 g/mol. The van der Waals surface area contributed by atoms with E-state index in [1.807, 2.05) is 18.2 Å². The van der Waals surface area contributed by atoms with Crippen LogP contribution in [-0.2, 0) is 6.61 Å². The fraction of sp³-hybridized carbons (Fsp3) is 0.0455. The topological polar surface area (TPSA) is 75.7 Å². The van der Waals surface area contributed by atoms with Gasteiger partial charge >= 0.3 is 0 Å². The number of hydrogen-bond acceptors (Lipinski definition) is 5. The number of aromatic amines is 1. The second kappa shape index (κ2) is 9.19. The van der Waals surface area contributed by atoms with E-state index >= 15 is 0 Å². The molecule has 150 valence electrons. The van der Waals surface area contributed by atoms with Crippen molar-refractivity contribution < 1.29 is 9.13 Å². The fourth-order valence-corrected chi connectivity index (χ4v) is 2.96. The first-order valence-electron chi connectivity index (χ1n) is 9.08. The standard InChI is InChI=1S/C22H17ClFN5O/c23-20-9-19(6-7-21(20)30-13-15-2-1-3-18(24)8-15)29-22-17(12-25-14-26-22)5-4-16-10-27-28-11-16/h1-12,14H,13H2,(H,27,28)(H,25,26,29)/b5-4+. The van der Waals surface area contributed by atoms with Crippen LogP contribution in [0.5, 0.6) is 5.75 Å². The van der Waals surface area contributed by atoms with Crippen LogP contribution in [0.25, 0.3) is 12.2 Å². The predicted molar refractivity (Wildman–Crippen MR) is 115 cm³/mol. The molecule has 6 nitrogen and oxygen atoms in total. The molecule has 8 heteroatoms. The van der Waals surface area contributed by atoms with Crippen molar-refractivity contribution in [1.82, 2.24) is 20.2 Å². The van der Waals surface area contributed by atoms with Gasteiger partial charge in [0.1, 0.15) is 30.3 Å². The molecule has 0 atom stereocenters. The summed E-state index contributed by atoms with van der Waals surface area (Å²) in [5, 5.41) is 10.3. The van der Waals surface area contributed by atoms with Crippen molar-refractivity contribution >= 4 is 35.3 Å². The number of benzene rings is 2. The second-order valence-corrected chi connectivity index (χ2v) is 6.79. The van der Waals surface area contributed by atoms with Crippen molar-refractivity contribution in [2.24, 2.45) is 0 Å². The number of rotatable bonds is 7. The average molecular weight is 422 g/mol. The number of H-pyrrole nitrogens is 1. The first-order chi connectivity index (χ1) is 14.7. The van der Waals surface area contributed by atoms with Crippen LogP contribution in [0.4, 0.5) is 15.9 Å². The normalized spacial score (nSPS) is 11.0. The molecule has 2 aromatic carbocycles. The summed E-state index contributed by atoms with van der Waals surface area (Å²) in [6, 6.07) is 11.6. The number of halogens is 2. The lowest BCUT2D eigenvalue weighted by Gasteiger charge is -2.12. The molecule has 2 N–H and O–H groups in total. The van der Waals surface area contributed by atoms with Crippen molar-refractivity contribution in [3.8, 4) is 5.75 Å². The SMILES string of the molecule is Fc1cccc(COc2ccc(Nc3ncncc3/C=C/c3cn[nH]c3)cc2Cl)c1. The van der Waals surface area contributed by atoms with Crippen LogP contribution >= 0.6 is 11.6 Å². The van der Waals surface area contributed by atoms with Crippen LogP contribution in [0.15, 0.2) is 67.4 Å². The minimum atomic E-state index is -0.302. The number of ether oxygens (including phenoxy) is 1. The highest BCUT2D eigenvalue weighted by Crippen LogP contribution is 2.30. The van der Waals surface area contributed by atoms with Crippen LogP contribution in [-0.4, -0.2) is 20.2 Å². The summed E-state index contributed by atoms with van der Waals surface area (Å²) in [6.07, 6.45) is 10.5. The Hall–Kier alpha value is -3.71. The van der Waals surface area contributed by atoms with E-state index in [2.05, 4.69) is 25.5 Å². The number of hydrogen-bond donors (Lipinski definition) is 2. The molecule has 0 amide bonds. The Morgan fingerprint density at radius 1 is 1.13 bits per heavy atom. The van der Waals surface area contributed by atoms with Gasteiger partial charge in [0.2, 0.25) is 0 Å². The number of aromatic nitrogens is 4.